The molecular formula is C11H13N3O3Sn. The summed E-state index contributed by atoms with van der Waals surface area (Å²) in [7, 11) is 0. The molecule has 1 aromatic carbocycles. The first-order valence-corrected chi connectivity index (χ1v) is 15.1. The van der Waals surface area contributed by atoms with Crippen molar-refractivity contribution in [3.05, 3.63) is 39.9 Å². The second kappa shape index (κ2) is 5.35. The molecule has 0 aliphatic heterocycles. The zero-order chi connectivity index (χ0) is 13.9. The van der Waals surface area contributed by atoms with Gasteiger partial charge in [-0.3, -0.25) is 0 Å². The van der Waals surface area contributed by atoms with Crippen LogP contribution in [0.25, 0.3) is 0 Å². The molecule has 18 heavy (non-hydrogen) atoms. The number of hydrogen-bond acceptors (Lipinski definition) is 4. The number of carbonyl (C=O) groups is 1. The van der Waals surface area contributed by atoms with Crippen molar-refractivity contribution >= 4 is 30.2 Å². The molecule has 0 aliphatic rings. The van der Waals surface area contributed by atoms with Crippen LogP contribution in [0, 0.1) is 21.6 Å². The van der Waals surface area contributed by atoms with Gasteiger partial charge in [-0.1, -0.05) is 0 Å². The molecule has 0 spiro atoms. The van der Waals surface area contributed by atoms with Crippen LogP contribution in [0.15, 0.2) is 24.3 Å². The maximum absolute atomic E-state index is 12.1. The molecule has 0 unspecified atom stereocenters. The second-order valence-corrected chi connectivity index (χ2v) is 18.4. The third kappa shape index (κ3) is 3.20. The number of non-ortho nitro benzene ring substituents is 1. The van der Waals surface area contributed by atoms with Gasteiger partial charge in [-0.05, 0) is 0 Å². The van der Waals surface area contributed by atoms with Gasteiger partial charge in [0.2, 0.25) is 0 Å². The van der Waals surface area contributed by atoms with Crippen molar-refractivity contribution < 1.29 is 9.72 Å². The van der Waals surface area contributed by atoms with E-state index in [4.69, 9.17) is 5.26 Å². The fraction of sp³-hybridized carbons (Fsp3) is 0.273. The minimum atomic E-state index is -2.82. The molecule has 0 saturated carbocycles. The van der Waals surface area contributed by atoms with E-state index in [9.17, 15) is 14.9 Å². The first kappa shape index (κ1) is 14.4. The van der Waals surface area contributed by atoms with Gasteiger partial charge in [-0.2, -0.15) is 0 Å². The molecule has 0 heterocycles. The topological polar surface area (TPSA) is 87.2 Å². The zero-order valence-corrected chi connectivity index (χ0v) is 13.2. The van der Waals surface area contributed by atoms with Crippen LogP contribution in [-0.2, 0) is 0 Å². The van der Waals surface area contributed by atoms with Crippen LogP contribution in [0.2, 0.25) is 14.8 Å². The van der Waals surface area contributed by atoms with Crippen LogP contribution in [0.3, 0.4) is 0 Å². The summed E-state index contributed by atoms with van der Waals surface area (Å²) in [6, 6.07) is 5.28. The first-order valence-electron chi connectivity index (χ1n) is 5.26. The summed E-state index contributed by atoms with van der Waals surface area (Å²) in [4.78, 5) is 27.9. The molecule has 0 radical (unpaired) electrons. The summed E-state index contributed by atoms with van der Waals surface area (Å²) < 4.78 is 1.25. The average Bonchev–Trinajstić information content (AvgIpc) is 2.28. The Bertz CT molecular complexity index is 514. The van der Waals surface area contributed by atoms with Gasteiger partial charge >= 0.3 is 109 Å². The SMILES string of the molecule is [CH3][Sn]([CH3])([CH3])[N](C#N)C(=O)c1ccc([N+](=O)[O-])cc1. The van der Waals surface area contributed by atoms with Crippen LogP contribution in [0.1, 0.15) is 10.4 Å². The monoisotopic (exact) mass is 355 g/mol. The minimum absolute atomic E-state index is 0.0747. The van der Waals surface area contributed by atoms with Crippen LogP contribution < -0.4 is 0 Å². The van der Waals surface area contributed by atoms with E-state index < -0.39 is 23.6 Å². The van der Waals surface area contributed by atoms with E-state index in [0.29, 0.717) is 5.56 Å². The Hall–Kier alpha value is -1.62. The number of rotatable bonds is 3. The number of nitrogens with zero attached hydrogens (tertiary/aromatic N) is 3. The van der Waals surface area contributed by atoms with Crippen molar-refractivity contribution in [1.29, 1.82) is 5.26 Å². The molecule has 1 aromatic rings. The summed E-state index contributed by atoms with van der Waals surface area (Å²) in [5.41, 5.74) is 0.225. The molecule has 7 heteroatoms. The number of nitriles is 1. The summed E-state index contributed by atoms with van der Waals surface area (Å²) in [5, 5.41) is 19.5. The number of benzene rings is 1. The van der Waals surface area contributed by atoms with Crippen LogP contribution in [0.5, 0.6) is 0 Å². The van der Waals surface area contributed by atoms with E-state index in [1.54, 1.807) is 0 Å². The Labute approximate surface area is 109 Å². The Morgan fingerprint density at radius 2 is 1.83 bits per heavy atom. The molecule has 0 bridgehead atoms. The van der Waals surface area contributed by atoms with Gasteiger partial charge in [-0.15, -0.1) is 0 Å². The molecule has 6 nitrogen and oxygen atoms in total. The Morgan fingerprint density at radius 1 is 1.33 bits per heavy atom. The van der Waals surface area contributed by atoms with Crippen molar-refractivity contribution in [2.75, 3.05) is 0 Å². The quantitative estimate of drug-likeness (QED) is 0.274. The molecule has 0 saturated heterocycles. The predicted molar refractivity (Wildman–Crippen MR) is 68.2 cm³/mol. The molecule has 1 amide bonds. The van der Waals surface area contributed by atoms with Crippen LogP contribution in [-0.4, -0.2) is 32.6 Å². The summed E-state index contributed by atoms with van der Waals surface area (Å²) in [6.45, 7) is 0. The number of carbonyl (C=O) groups excluding carboxylic acids is 1. The van der Waals surface area contributed by atoms with Gasteiger partial charge < -0.3 is 0 Å². The van der Waals surface area contributed by atoms with Gasteiger partial charge in [0.05, 0.1) is 0 Å². The number of amides is 1. The van der Waals surface area contributed by atoms with E-state index in [0.717, 1.165) is 0 Å². The molecule has 0 fully saturated rings. The zero-order valence-electron chi connectivity index (χ0n) is 10.4. The average molecular weight is 354 g/mol. The molecule has 0 atom stereocenters. The Balaban J connectivity index is 3.05. The van der Waals surface area contributed by atoms with Gasteiger partial charge in [0.15, 0.2) is 0 Å². The van der Waals surface area contributed by atoms with E-state index >= 15 is 0 Å². The molecule has 94 valence electrons. The van der Waals surface area contributed by atoms with Gasteiger partial charge in [0, 0.05) is 0 Å². The Kier molecular flexibility index (Phi) is 4.29. The van der Waals surface area contributed by atoms with E-state index in [2.05, 4.69) is 0 Å². The number of nitro groups is 1. The van der Waals surface area contributed by atoms with Gasteiger partial charge in [0.1, 0.15) is 0 Å². The third-order valence-corrected chi connectivity index (χ3v) is 6.99. The van der Waals surface area contributed by atoms with Gasteiger partial charge in [-0.25, -0.2) is 0 Å². The second-order valence-electron chi connectivity index (χ2n) is 4.72. The first-order chi connectivity index (χ1) is 8.27. The van der Waals surface area contributed by atoms with Crippen molar-refractivity contribution in [1.82, 2.24) is 3.12 Å². The van der Waals surface area contributed by atoms with Crippen molar-refractivity contribution in [2.45, 2.75) is 14.8 Å². The summed E-state index contributed by atoms with van der Waals surface area (Å²) in [5.74, 6) is -0.379. The molecular weight excluding hydrogens is 341 g/mol. The fourth-order valence-corrected chi connectivity index (χ4v) is 4.32. The molecule has 0 N–H and O–H groups in total. The molecule has 0 aromatic heterocycles. The Morgan fingerprint density at radius 3 is 2.17 bits per heavy atom. The molecule has 0 aliphatic carbocycles. The van der Waals surface area contributed by atoms with Gasteiger partial charge in [0.25, 0.3) is 0 Å². The molecule has 1 rings (SSSR count). The van der Waals surface area contributed by atoms with Crippen molar-refractivity contribution in [3.8, 4) is 6.19 Å². The maximum atomic E-state index is 12.1. The summed E-state index contributed by atoms with van der Waals surface area (Å²) >= 11 is -2.82. The standard InChI is InChI=1S/C8H5N3O3.3CH3.Sn/c9-5-10-8(12)6-1-3-7(4-2-6)11(13)14;;;;/h1-4H,(H,10,12);3*1H3;/q;;;;+1/p-1. The van der Waals surface area contributed by atoms with E-state index in [1.165, 1.54) is 27.4 Å². The van der Waals surface area contributed by atoms with Crippen LogP contribution >= 0.6 is 0 Å². The van der Waals surface area contributed by atoms with Crippen LogP contribution in [0.4, 0.5) is 5.69 Å². The third-order valence-electron chi connectivity index (χ3n) is 2.30. The predicted octanol–water partition coefficient (Wildman–Crippen LogP) is 2.35. The van der Waals surface area contributed by atoms with Crippen molar-refractivity contribution in [3.63, 3.8) is 0 Å². The summed E-state index contributed by atoms with van der Waals surface area (Å²) in [6.07, 6.45) is 1.92. The number of nitro benzene ring substituents is 1. The van der Waals surface area contributed by atoms with Crippen molar-refractivity contribution in [2.24, 2.45) is 0 Å². The number of hydrogen-bond donors (Lipinski definition) is 0. The normalized spacial score (nSPS) is 10.6. The van der Waals surface area contributed by atoms with E-state index in [-0.39, 0.29) is 11.6 Å². The van der Waals surface area contributed by atoms with E-state index in [1.807, 2.05) is 21.0 Å². The fourth-order valence-electron chi connectivity index (χ4n) is 1.35.